The Morgan fingerprint density at radius 3 is 2.52 bits per heavy atom. The molecule has 0 saturated heterocycles. The molecule has 23 heavy (non-hydrogen) atoms. The molecular formula is C22H24N+. The van der Waals surface area contributed by atoms with Crippen LogP contribution in [0.15, 0.2) is 54.7 Å². The first kappa shape index (κ1) is 14.4. The molecule has 1 aliphatic carbocycles. The molecule has 1 heteroatoms. The standard InChI is InChI=1S/C22H24N/c1-16-8-3-6-12-19(16)22-14-18-11-7-13-20(17-9-4-5-10-17)21(18)15-23(22)2/h3,6-8,11-15,17H,4-5,9-10H2,1-2H3/q+1. The van der Waals surface area contributed by atoms with Gasteiger partial charge in [0.2, 0.25) is 5.69 Å². The van der Waals surface area contributed by atoms with E-state index in [4.69, 9.17) is 0 Å². The van der Waals surface area contributed by atoms with Crippen molar-refractivity contribution in [1.82, 2.24) is 0 Å². The number of nitrogens with zero attached hydrogens (tertiary/aromatic N) is 1. The summed E-state index contributed by atoms with van der Waals surface area (Å²) in [7, 11) is 2.17. The Morgan fingerprint density at radius 2 is 1.74 bits per heavy atom. The van der Waals surface area contributed by atoms with Gasteiger partial charge < -0.3 is 0 Å². The summed E-state index contributed by atoms with van der Waals surface area (Å²) < 4.78 is 2.29. The van der Waals surface area contributed by atoms with Gasteiger partial charge in [-0.05, 0) is 48.3 Å². The van der Waals surface area contributed by atoms with Crippen LogP contribution in [0.2, 0.25) is 0 Å². The fraction of sp³-hybridized carbons (Fsp3) is 0.318. The van der Waals surface area contributed by atoms with Gasteiger partial charge >= 0.3 is 0 Å². The molecule has 1 saturated carbocycles. The maximum Gasteiger partial charge on any atom is 0.213 e. The Hall–Kier alpha value is -2.15. The first-order valence-corrected chi connectivity index (χ1v) is 8.72. The topological polar surface area (TPSA) is 3.88 Å². The molecule has 1 aliphatic rings. The Morgan fingerprint density at radius 1 is 0.957 bits per heavy atom. The fourth-order valence-electron chi connectivity index (χ4n) is 4.11. The minimum Gasteiger partial charge on any atom is -0.200 e. The van der Waals surface area contributed by atoms with E-state index in [0.717, 1.165) is 5.92 Å². The average molecular weight is 302 g/mol. The van der Waals surface area contributed by atoms with Crippen molar-refractivity contribution in [1.29, 1.82) is 0 Å². The number of aryl methyl sites for hydroxylation is 2. The van der Waals surface area contributed by atoms with Gasteiger partial charge in [-0.25, -0.2) is 4.57 Å². The predicted molar refractivity (Wildman–Crippen MR) is 96.5 cm³/mol. The fourth-order valence-corrected chi connectivity index (χ4v) is 4.11. The molecule has 2 aromatic carbocycles. The smallest absolute Gasteiger partial charge is 0.200 e. The maximum atomic E-state index is 2.36. The molecule has 0 N–H and O–H groups in total. The highest BCUT2D eigenvalue weighted by molar-refractivity contribution is 5.87. The molecule has 0 spiro atoms. The molecule has 1 aromatic heterocycles. The zero-order valence-corrected chi connectivity index (χ0v) is 14.0. The van der Waals surface area contributed by atoms with Gasteiger partial charge in [0, 0.05) is 17.0 Å². The van der Waals surface area contributed by atoms with Crippen LogP contribution in [0.25, 0.3) is 22.0 Å². The Balaban J connectivity index is 1.90. The molecule has 1 nitrogen and oxygen atoms in total. The van der Waals surface area contributed by atoms with E-state index in [2.05, 4.69) is 73.3 Å². The summed E-state index contributed by atoms with van der Waals surface area (Å²) in [6, 6.07) is 17.8. The number of benzene rings is 2. The zero-order chi connectivity index (χ0) is 15.8. The van der Waals surface area contributed by atoms with Crippen LogP contribution in [0, 0.1) is 6.92 Å². The molecule has 0 radical (unpaired) electrons. The van der Waals surface area contributed by atoms with Gasteiger partial charge in [-0.2, -0.15) is 0 Å². The number of hydrogen-bond donors (Lipinski definition) is 0. The van der Waals surface area contributed by atoms with E-state index in [-0.39, 0.29) is 0 Å². The largest absolute Gasteiger partial charge is 0.213 e. The Bertz CT molecular complexity index is 857. The summed E-state index contributed by atoms with van der Waals surface area (Å²) in [4.78, 5) is 0. The minimum absolute atomic E-state index is 0.753. The van der Waals surface area contributed by atoms with Crippen molar-refractivity contribution < 1.29 is 4.57 Å². The minimum atomic E-state index is 0.753. The lowest BCUT2D eigenvalue weighted by Crippen LogP contribution is -2.30. The van der Waals surface area contributed by atoms with E-state index in [9.17, 15) is 0 Å². The Labute approximate surface area is 138 Å². The van der Waals surface area contributed by atoms with Crippen molar-refractivity contribution in [3.05, 3.63) is 65.9 Å². The highest BCUT2D eigenvalue weighted by atomic mass is 14.9. The van der Waals surface area contributed by atoms with Gasteiger partial charge in [0.15, 0.2) is 6.20 Å². The molecule has 0 aliphatic heterocycles. The van der Waals surface area contributed by atoms with Gasteiger partial charge in [-0.3, -0.25) is 0 Å². The van der Waals surface area contributed by atoms with Crippen LogP contribution in [0.1, 0.15) is 42.7 Å². The third kappa shape index (κ3) is 2.55. The van der Waals surface area contributed by atoms with E-state index < -0.39 is 0 Å². The molecule has 4 rings (SSSR count). The van der Waals surface area contributed by atoms with Crippen molar-refractivity contribution in [3.63, 3.8) is 0 Å². The predicted octanol–water partition coefficient (Wildman–Crippen LogP) is 5.30. The lowest BCUT2D eigenvalue weighted by atomic mass is 9.92. The molecule has 0 unspecified atom stereocenters. The third-order valence-corrected chi connectivity index (χ3v) is 5.38. The molecule has 0 bridgehead atoms. The monoisotopic (exact) mass is 302 g/mol. The lowest BCUT2D eigenvalue weighted by molar-refractivity contribution is -0.659. The summed E-state index contributed by atoms with van der Waals surface area (Å²) in [6.45, 7) is 2.19. The highest BCUT2D eigenvalue weighted by Crippen LogP contribution is 2.37. The van der Waals surface area contributed by atoms with Crippen molar-refractivity contribution >= 4 is 10.8 Å². The third-order valence-electron chi connectivity index (χ3n) is 5.38. The van der Waals surface area contributed by atoms with E-state index in [1.807, 2.05) is 0 Å². The van der Waals surface area contributed by atoms with E-state index >= 15 is 0 Å². The maximum absolute atomic E-state index is 2.36. The molecule has 1 fully saturated rings. The van der Waals surface area contributed by atoms with Gasteiger partial charge in [-0.1, -0.05) is 49.2 Å². The number of hydrogen-bond acceptors (Lipinski definition) is 0. The molecular weight excluding hydrogens is 278 g/mol. The van der Waals surface area contributed by atoms with Gasteiger partial charge in [0.1, 0.15) is 7.05 Å². The van der Waals surface area contributed by atoms with Crippen molar-refractivity contribution in [2.75, 3.05) is 0 Å². The van der Waals surface area contributed by atoms with E-state index in [0.29, 0.717) is 0 Å². The summed E-state index contributed by atoms with van der Waals surface area (Å²) in [5, 5.41) is 2.80. The number of aromatic nitrogens is 1. The van der Waals surface area contributed by atoms with Crippen LogP contribution < -0.4 is 4.57 Å². The van der Waals surface area contributed by atoms with Crippen LogP contribution in [0.5, 0.6) is 0 Å². The van der Waals surface area contributed by atoms with Crippen LogP contribution in [0.4, 0.5) is 0 Å². The quantitative estimate of drug-likeness (QED) is 0.566. The van der Waals surface area contributed by atoms with E-state index in [1.54, 1.807) is 5.56 Å². The molecule has 0 amide bonds. The van der Waals surface area contributed by atoms with Crippen LogP contribution in [-0.4, -0.2) is 0 Å². The summed E-state index contributed by atoms with van der Waals surface area (Å²) in [5.41, 5.74) is 5.49. The van der Waals surface area contributed by atoms with Crippen molar-refractivity contribution in [3.8, 4) is 11.3 Å². The van der Waals surface area contributed by atoms with Crippen molar-refractivity contribution in [2.24, 2.45) is 7.05 Å². The highest BCUT2D eigenvalue weighted by Gasteiger charge is 2.21. The van der Waals surface area contributed by atoms with E-state index in [1.165, 1.54) is 53.3 Å². The lowest BCUT2D eigenvalue weighted by Gasteiger charge is -2.13. The second kappa shape index (κ2) is 5.81. The number of pyridine rings is 1. The zero-order valence-electron chi connectivity index (χ0n) is 14.0. The Kier molecular flexibility index (Phi) is 3.65. The number of fused-ring (bicyclic) bond motifs is 1. The second-order valence-corrected chi connectivity index (χ2v) is 6.92. The molecule has 1 heterocycles. The summed E-state index contributed by atoms with van der Waals surface area (Å²) in [6.07, 6.45) is 7.80. The first-order valence-electron chi connectivity index (χ1n) is 8.72. The molecule has 116 valence electrons. The SMILES string of the molecule is Cc1ccccc1-c1cc2cccc(C3CCCC3)c2c[n+]1C. The molecule has 0 atom stereocenters. The average Bonchev–Trinajstić information content (AvgIpc) is 3.09. The summed E-state index contributed by atoms with van der Waals surface area (Å²) >= 11 is 0. The number of rotatable bonds is 2. The summed E-state index contributed by atoms with van der Waals surface area (Å²) in [5.74, 6) is 0.753. The van der Waals surface area contributed by atoms with Crippen molar-refractivity contribution in [2.45, 2.75) is 38.5 Å². The van der Waals surface area contributed by atoms with Gasteiger partial charge in [0.25, 0.3) is 0 Å². The van der Waals surface area contributed by atoms with Crippen LogP contribution in [0.3, 0.4) is 0 Å². The van der Waals surface area contributed by atoms with Gasteiger partial charge in [-0.15, -0.1) is 0 Å². The normalized spacial score (nSPS) is 15.4. The van der Waals surface area contributed by atoms with Crippen LogP contribution in [-0.2, 0) is 7.05 Å². The van der Waals surface area contributed by atoms with Crippen LogP contribution >= 0.6 is 0 Å². The second-order valence-electron chi connectivity index (χ2n) is 6.92. The van der Waals surface area contributed by atoms with Gasteiger partial charge in [0.05, 0.1) is 0 Å². The molecule has 3 aromatic rings. The first-order chi connectivity index (χ1) is 11.2.